The van der Waals surface area contributed by atoms with Crippen LogP contribution in [0.15, 0.2) is 77.9 Å². The van der Waals surface area contributed by atoms with E-state index >= 15 is 0 Å². The lowest BCUT2D eigenvalue weighted by molar-refractivity contribution is -0.136. The molecule has 3 aromatic carbocycles. The van der Waals surface area contributed by atoms with Gasteiger partial charge in [0, 0.05) is 10.7 Å². The Hall–Kier alpha value is -3.88. The number of rotatable bonds is 7. The van der Waals surface area contributed by atoms with Crippen molar-refractivity contribution in [2.24, 2.45) is 5.10 Å². The molecule has 0 aliphatic carbocycles. The molecule has 0 unspecified atom stereocenters. The summed E-state index contributed by atoms with van der Waals surface area (Å²) >= 11 is 11.9. The van der Waals surface area contributed by atoms with Gasteiger partial charge < -0.3 is 15.4 Å². The highest BCUT2D eigenvalue weighted by atomic mass is 35.5. The van der Waals surface area contributed by atoms with Crippen LogP contribution in [-0.2, 0) is 14.4 Å². The predicted octanol–water partition coefficient (Wildman–Crippen LogP) is 4.10. The summed E-state index contributed by atoms with van der Waals surface area (Å²) in [5.41, 5.74) is 3.59. The van der Waals surface area contributed by atoms with Crippen LogP contribution in [0.2, 0.25) is 10.0 Å². The van der Waals surface area contributed by atoms with E-state index in [4.69, 9.17) is 27.9 Å². The number of hydrogen-bond donors (Lipinski definition) is 3. The summed E-state index contributed by atoms with van der Waals surface area (Å²) < 4.78 is 5.48. The number of para-hydroxylation sites is 1. The first-order valence-corrected chi connectivity index (χ1v) is 10.3. The van der Waals surface area contributed by atoms with Crippen molar-refractivity contribution in [2.45, 2.75) is 0 Å². The lowest BCUT2D eigenvalue weighted by Gasteiger charge is -2.09. The molecule has 0 bridgehead atoms. The summed E-state index contributed by atoms with van der Waals surface area (Å²) in [7, 11) is 0. The highest BCUT2D eigenvalue weighted by Gasteiger charge is 2.13. The first-order chi connectivity index (χ1) is 15.9. The molecule has 168 valence electrons. The van der Waals surface area contributed by atoms with Gasteiger partial charge >= 0.3 is 11.8 Å². The number of amides is 3. The fourth-order valence-electron chi connectivity index (χ4n) is 2.55. The molecular formula is C23H18Cl2N4O4. The third-order valence-electron chi connectivity index (χ3n) is 4.04. The van der Waals surface area contributed by atoms with Crippen molar-refractivity contribution in [3.8, 4) is 5.75 Å². The minimum atomic E-state index is -0.949. The Morgan fingerprint density at radius 3 is 2.45 bits per heavy atom. The molecule has 0 aliphatic rings. The third-order valence-corrected chi connectivity index (χ3v) is 4.61. The van der Waals surface area contributed by atoms with Crippen molar-refractivity contribution in [2.75, 3.05) is 17.2 Å². The van der Waals surface area contributed by atoms with Crippen molar-refractivity contribution < 1.29 is 19.1 Å². The molecule has 3 aromatic rings. The molecule has 33 heavy (non-hydrogen) atoms. The zero-order valence-electron chi connectivity index (χ0n) is 17.0. The van der Waals surface area contributed by atoms with Crippen LogP contribution in [0, 0.1) is 0 Å². The lowest BCUT2D eigenvalue weighted by Crippen LogP contribution is -2.32. The molecule has 0 saturated heterocycles. The number of carbonyl (C=O) groups is 3. The number of ether oxygens (including phenoxy) is 1. The first kappa shape index (κ1) is 23.8. The summed E-state index contributed by atoms with van der Waals surface area (Å²) in [6.45, 7) is -0.230. The van der Waals surface area contributed by atoms with E-state index in [2.05, 4.69) is 21.2 Å². The van der Waals surface area contributed by atoms with Gasteiger partial charge in [-0.05, 0) is 48.0 Å². The van der Waals surface area contributed by atoms with Crippen molar-refractivity contribution in [3.05, 3.63) is 88.4 Å². The molecule has 0 fully saturated rings. The molecule has 8 nitrogen and oxygen atoms in total. The SMILES string of the molecule is O=C(COc1cccc(/C=N\NC(=O)C(=O)Nc2cccc(Cl)c2)c1)Nc1ccccc1Cl. The Kier molecular flexibility index (Phi) is 8.40. The molecule has 0 aromatic heterocycles. The molecule has 3 N–H and O–H groups in total. The van der Waals surface area contributed by atoms with Crippen LogP contribution in [0.3, 0.4) is 0 Å². The van der Waals surface area contributed by atoms with E-state index < -0.39 is 11.8 Å². The predicted molar refractivity (Wildman–Crippen MR) is 128 cm³/mol. The zero-order valence-corrected chi connectivity index (χ0v) is 18.6. The van der Waals surface area contributed by atoms with Gasteiger partial charge in [0.25, 0.3) is 5.91 Å². The largest absolute Gasteiger partial charge is 0.484 e. The summed E-state index contributed by atoms with van der Waals surface area (Å²) in [5.74, 6) is -1.80. The number of nitrogens with one attached hydrogen (secondary N) is 3. The fraction of sp³-hybridized carbons (Fsp3) is 0.0435. The van der Waals surface area contributed by atoms with E-state index in [0.717, 1.165) is 0 Å². The Morgan fingerprint density at radius 2 is 1.67 bits per heavy atom. The van der Waals surface area contributed by atoms with E-state index in [1.54, 1.807) is 66.7 Å². The van der Waals surface area contributed by atoms with Gasteiger partial charge in [0.15, 0.2) is 6.61 Å². The number of halogens is 2. The summed E-state index contributed by atoms with van der Waals surface area (Å²) in [4.78, 5) is 35.9. The van der Waals surface area contributed by atoms with Crippen LogP contribution in [0.1, 0.15) is 5.56 Å². The number of hydrogen-bond acceptors (Lipinski definition) is 5. The fourth-order valence-corrected chi connectivity index (χ4v) is 2.93. The minimum Gasteiger partial charge on any atom is -0.484 e. The van der Waals surface area contributed by atoms with Gasteiger partial charge in [-0.25, -0.2) is 5.43 Å². The first-order valence-electron chi connectivity index (χ1n) is 9.58. The number of nitrogens with zero attached hydrogens (tertiary/aromatic N) is 1. The maximum atomic E-state index is 12.1. The molecule has 0 aliphatic heterocycles. The van der Waals surface area contributed by atoms with Crippen LogP contribution in [-0.4, -0.2) is 30.5 Å². The minimum absolute atomic E-state index is 0.230. The van der Waals surface area contributed by atoms with E-state index in [1.165, 1.54) is 12.3 Å². The summed E-state index contributed by atoms with van der Waals surface area (Å²) in [6.07, 6.45) is 1.33. The highest BCUT2D eigenvalue weighted by Crippen LogP contribution is 2.20. The van der Waals surface area contributed by atoms with Crippen molar-refractivity contribution >= 4 is 58.5 Å². The van der Waals surface area contributed by atoms with Gasteiger partial charge in [0.1, 0.15) is 5.75 Å². The second-order valence-electron chi connectivity index (χ2n) is 6.55. The number of anilines is 2. The monoisotopic (exact) mass is 484 g/mol. The Balaban J connectivity index is 1.48. The van der Waals surface area contributed by atoms with Crippen LogP contribution < -0.4 is 20.8 Å². The Labute approximate surface area is 199 Å². The van der Waals surface area contributed by atoms with Crippen molar-refractivity contribution in [3.63, 3.8) is 0 Å². The second-order valence-corrected chi connectivity index (χ2v) is 7.40. The Bertz CT molecular complexity index is 1200. The third kappa shape index (κ3) is 7.64. The van der Waals surface area contributed by atoms with Gasteiger partial charge in [0.2, 0.25) is 0 Å². The van der Waals surface area contributed by atoms with Gasteiger partial charge in [0.05, 0.1) is 16.9 Å². The second kappa shape index (κ2) is 11.7. The summed E-state index contributed by atoms with van der Waals surface area (Å²) in [6, 6.07) is 19.9. The number of hydrazone groups is 1. The maximum Gasteiger partial charge on any atom is 0.329 e. The van der Waals surface area contributed by atoms with Gasteiger partial charge in [-0.15, -0.1) is 0 Å². The summed E-state index contributed by atoms with van der Waals surface area (Å²) in [5, 5.41) is 9.68. The van der Waals surface area contributed by atoms with Gasteiger partial charge in [-0.2, -0.15) is 5.10 Å². The van der Waals surface area contributed by atoms with Gasteiger partial charge in [-0.1, -0.05) is 53.5 Å². The molecule has 3 rings (SSSR count). The van der Waals surface area contributed by atoms with E-state index in [-0.39, 0.29) is 12.5 Å². The smallest absolute Gasteiger partial charge is 0.329 e. The van der Waals surface area contributed by atoms with Crippen LogP contribution in [0.5, 0.6) is 5.75 Å². The zero-order chi connectivity index (χ0) is 23.6. The molecule has 0 saturated carbocycles. The number of benzene rings is 3. The number of carbonyl (C=O) groups excluding carboxylic acids is 3. The molecule has 0 spiro atoms. The van der Waals surface area contributed by atoms with E-state index in [0.29, 0.717) is 32.7 Å². The molecule has 0 heterocycles. The average Bonchev–Trinajstić information content (AvgIpc) is 2.79. The molecule has 0 radical (unpaired) electrons. The molecule has 3 amide bonds. The molecule has 10 heteroatoms. The standard InChI is InChI=1S/C23H18Cl2N4O4/c24-16-6-4-7-17(12-16)27-22(31)23(32)29-26-13-15-5-3-8-18(11-15)33-14-21(30)28-20-10-2-1-9-19(20)25/h1-13H,14H2,(H,27,31)(H,28,30)(H,29,32)/b26-13-. The highest BCUT2D eigenvalue weighted by molar-refractivity contribution is 6.39. The molecular weight excluding hydrogens is 467 g/mol. The van der Waals surface area contributed by atoms with E-state index in [9.17, 15) is 14.4 Å². The average molecular weight is 485 g/mol. The van der Waals surface area contributed by atoms with E-state index in [1.807, 2.05) is 0 Å². The van der Waals surface area contributed by atoms with Gasteiger partial charge in [-0.3, -0.25) is 14.4 Å². The van der Waals surface area contributed by atoms with Crippen LogP contribution >= 0.6 is 23.2 Å². The van der Waals surface area contributed by atoms with Crippen molar-refractivity contribution in [1.29, 1.82) is 0 Å². The Morgan fingerprint density at radius 1 is 0.879 bits per heavy atom. The maximum absolute atomic E-state index is 12.1. The molecule has 0 atom stereocenters. The normalized spacial score (nSPS) is 10.5. The van der Waals surface area contributed by atoms with Crippen molar-refractivity contribution in [1.82, 2.24) is 5.43 Å². The topological polar surface area (TPSA) is 109 Å². The lowest BCUT2D eigenvalue weighted by atomic mass is 10.2. The quantitative estimate of drug-likeness (QED) is 0.266. The van der Waals surface area contributed by atoms with Crippen LogP contribution in [0.25, 0.3) is 0 Å². The van der Waals surface area contributed by atoms with Crippen LogP contribution in [0.4, 0.5) is 11.4 Å².